The van der Waals surface area contributed by atoms with E-state index in [4.69, 9.17) is 5.11 Å². The predicted molar refractivity (Wildman–Crippen MR) is 44.7 cm³/mol. The number of pyridine rings is 1. The van der Waals surface area contributed by atoms with E-state index in [9.17, 15) is 4.79 Å². The van der Waals surface area contributed by atoms with Crippen LogP contribution >= 0.6 is 0 Å². The number of hydrogen-bond donors (Lipinski definition) is 1. The molecule has 13 heavy (non-hydrogen) atoms. The van der Waals surface area contributed by atoms with Crippen LogP contribution in [0.4, 0.5) is 0 Å². The van der Waals surface area contributed by atoms with E-state index < -0.39 is 5.97 Å². The summed E-state index contributed by atoms with van der Waals surface area (Å²) >= 11 is 0. The van der Waals surface area contributed by atoms with Crippen molar-refractivity contribution in [1.29, 1.82) is 0 Å². The summed E-state index contributed by atoms with van der Waals surface area (Å²) in [7, 11) is 0. The van der Waals surface area contributed by atoms with Gasteiger partial charge in [-0.25, -0.2) is 9.31 Å². The SMILES string of the molecule is Cc1cc2cnnn2cc1C(=O)O. The normalized spacial score (nSPS) is 10.5. The van der Waals surface area contributed by atoms with E-state index in [1.54, 1.807) is 19.2 Å². The molecular formula is C8H7N3O2. The topological polar surface area (TPSA) is 67.5 Å². The van der Waals surface area contributed by atoms with Gasteiger partial charge in [-0.15, -0.1) is 5.10 Å². The van der Waals surface area contributed by atoms with Crippen molar-refractivity contribution in [3.05, 3.63) is 29.6 Å². The van der Waals surface area contributed by atoms with Crippen molar-refractivity contribution in [3.8, 4) is 0 Å². The van der Waals surface area contributed by atoms with Crippen LogP contribution in [0.25, 0.3) is 5.52 Å². The number of fused-ring (bicyclic) bond motifs is 1. The second kappa shape index (κ2) is 2.55. The molecule has 0 saturated heterocycles. The van der Waals surface area contributed by atoms with Crippen molar-refractivity contribution in [3.63, 3.8) is 0 Å². The summed E-state index contributed by atoms with van der Waals surface area (Å²) in [5.74, 6) is -0.949. The average Bonchev–Trinajstić information content (AvgIpc) is 2.48. The minimum Gasteiger partial charge on any atom is -0.478 e. The Kier molecular flexibility index (Phi) is 1.51. The second-order valence-corrected chi connectivity index (χ2v) is 2.78. The molecule has 2 heterocycles. The van der Waals surface area contributed by atoms with Crippen LogP contribution in [0.1, 0.15) is 15.9 Å². The van der Waals surface area contributed by atoms with Gasteiger partial charge in [0.05, 0.1) is 17.3 Å². The van der Waals surface area contributed by atoms with Gasteiger partial charge in [0.15, 0.2) is 0 Å². The van der Waals surface area contributed by atoms with Gasteiger partial charge >= 0.3 is 5.97 Å². The quantitative estimate of drug-likeness (QED) is 0.697. The molecule has 2 aromatic rings. The maximum absolute atomic E-state index is 10.7. The summed E-state index contributed by atoms with van der Waals surface area (Å²) in [6.07, 6.45) is 3.04. The van der Waals surface area contributed by atoms with Gasteiger partial charge in [-0.3, -0.25) is 0 Å². The van der Waals surface area contributed by atoms with Gasteiger partial charge in [0, 0.05) is 6.20 Å². The van der Waals surface area contributed by atoms with Crippen molar-refractivity contribution in [2.45, 2.75) is 6.92 Å². The third kappa shape index (κ3) is 1.14. The van der Waals surface area contributed by atoms with Crippen LogP contribution in [0, 0.1) is 6.92 Å². The fourth-order valence-corrected chi connectivity index (χ4v) is 1.20. The number of aromatic carboxylic acids is 1. The first kappa shape index (κ1) is 7.72. The summed E-state index contributed by atoms with van der Waals surface area (Å²) in [5, 5.41) is 16.2. The molecule has 0 aliphatic rings. The lowest BCUT2D eigenvalue weighted by Crippen LogP contribution is -2.02. The van der Waals surface area contributed by atoms with Crippen molar-refractivity contribution >= 4 is 11.5 Å². The maximum Gasteiger partial charge on any atom is 0.337 e. The summed E-state index contributed by atoms with van der Waals surface area (Å²) < 4.78 is 1.44. The van der Waals surface area contributed by atoms with Gasteiger partial charge < -0.3 is 5.11 Å². The number of hydrogen-bond acceptors (Lipinski definition) is 3. The lowest BCUT2D eigenvalue weighted by atomic mass is 10.1. The highest BCUT2D eigenvalue weighted by Gasteiger charge is 2.08. The maximum atomic E-state index is 10.7. The number of aromatic nitrogens is 3. The van der Waals surface area contributed by atoms with Crippen LogP contribution in [0.3, 0.4) is 0 Å². The first-order valence-corrected chi connectivity index (χ1v) is 3.72. The standard InChI is InChI=1S/C8H7N3O2/c1-5-2-6-3-9-10-11(6)4-7(5)8(12)13/h2-4H,1H3,(H,12,13). The molecule has 0 aliphatic carbocycles. The second-order valence-electron chi connectivity index (χ2n) is 2.78. The molecule has 0 amide bonds. The Bertz CT molecular complexity index is 475. The Labute approximate surface area is 73.6 Å². The third-order valence-electron chi connectivity index (χ3n) is 1.87. The monoisotopic (exact) mass is 177 g/mol. The molecule has 1 N–H and O–H groups in total. The first-order chi connectivity index (χ1) is 6.18. The third-order valence-corrected chi connectivity index (χ3v) is 1.87. The van der Waals surface area contributed by atoms with Crippen LogP contribution < -0.4 is 0 Å². The summed E-state index contributed by atoms with van der Waals surface area (Å²) in [6.45, 7) is 1.75. The molecule has 0 atom stereocenters. The van der Waals surface area contributed by atoms with E-state index in [-0.39, 0.29) is 5.56 Å². The number of aryl methyl sites for hydroxylation is 1. The number of carboxylic acids is 1. The van der Waals surface area contributed by atoms with E-state index >= 15 is 0 Å². The van der Waals surface area contributed by atoms with Crippen LogP contribution in [-0.2, 0) is 0 Å². The van der Waals surface area contributed by atoms with Crippen molar-refractivity contribution < 1.29 is 9.90 Å². The molecule has 0 aromatic carbocycles. The van der Waals surface area contributed by atoms with Gasteiger partial charge in [-0.1, -0.05) is 5.21 Å². The van der Waals surface area contributed by atoms with Crippen LogP contribution in [0.2, 0.25) is 0 Å². The smallest absolute Gasteiger partial charge is 0.337 e. The molecule has 2 aromatic heterocycles. The molecule has 0 spiro atoms. The highest BCUT2D eigenvalue weighted by Crippen LogP contribution is 2.10. The summed E-state index contributed by atoms with van der Waals surface area (Å²) in [4.78, 5) is 10.7. The molecule has 2 rings (SSSR count). The van der Waals surface area contributed by atoms with Crippen LogP contribution in [0.5, 0.6) is 0 Å². The minimum atomic E-state index is -0.949. The Morgan fingerprint density at radius 3 is 3.08 bits per heavy atom. The fourth-order valence-electron chi connectivity index (χ4n) is 1.20. The highest BCUT2D eigenvalue weighted by atomic mass is 16.4. The van der Waals surface area contributed by atoms with E-state index in [0.717, 1.165) is 5.52 Å². The van der Waals surface area contributed by atoms with Gasteiger partial charge in [-0.2, -0.15) is 0 Å². The number of carboxylic acid groups (broad SMARTS) is 1. The summed E-state index contributed by atoms with van der Waals surface area (Å²) in [6, 6.07) is 1.74. The van der Waals surface area contributed by atoms with Crippen LogP contribution in [0.15, 0.2) is 18.5 Å². The Morgan fingerprint density at radius 1 is 1.62 bits per heavy atom. The van der Waals surface area contributed by atoms with Crippen molar-refractivity contribution in [1.82, 2.24) is 14.8 Å². The Hall–Kier alpha value is -1.91. The molecule has 0 saturated carbocycles. The molecule has 66 valence electrons. The molecule has 0 bridgehead atoms. The van der Waals surface area contributed by atoms with Crippen molar-refractivity contribution in [2.75, 3.05) is 0 Å². The molecule has 0 aliphatic heterocycles. The number of carbonyl (C=O) groups is 1. The molecule has 5 heteroatoms. The zero-order valence-electron chi connectivity index (χ0n) is 6.93. The molecule has 0 radical (unpaired) electrons. The Balaban J connectivity index is 2.76. The largest absolute Gasteiger partial charge is 0.478 e. The zero-order valence-corrected chi connectivity index (χ0v) is 6.93. The summed E-state index contributed by atoms with van der Waals surface area (Å²) in [5.41, 5.74) is 1.75. The van der Waals surface area contributed by atoms with Crippen LogP contribution in [-0.4, -0.2) is 25.9 Å². The minimum absolute atomic E-state index is 0.248. The van der Waals surface area contributed by atoms with Crippen molar-refractivity contribution in [2.24, 2.45) is 0 Å². The molecule has 0 fully saturated rings. The molecular weight excluding hydrogens is 170 g/mol. The zero-order chi connectivity index (χ0) is 9.42. The lowest BCUT2D eigenvalue weighted by molar-refractivity contribution is 0.0695. The first-order valence-electron chi connectivity index (χ1n) is 3.72. The molecule has 5 nitrogen and oxygen atoms in total. The van der Waals surface area contributed by atoms with E-state index in [0.29, 0.717) is 5.56 Å². The number of rotatable bonds is 1. The van der Waals surface area contributed by atoms with Gasteiger partial charge in [0.2, 0.25) is 0 Å². The molecule has 0 unspecified atom stereocenters. The van der Waals surface area contributed by atoms with E-state index in [1.807, 2.05) is 0 Å². The van der Waals surface area contributed by atoms with E-state index in [1.165, 1.54) is 10.7 Å². The van der Waals surface area contributed by atoms with Gasteiger partial charge in [-0.05, 0) is 18.6 Å². The fraction of sp³-hybridized carbons (Fsp3) is 0.125. The number of nitrogens with zero attached hydrogens (tertiary/aromatic N) is 3. The predicted octanol–water partition coefficient (Wildman–Crippen LogP) is 0.736. The lowest BCUT2D eigenvalue weighted by Gasteiger charge is -2.00. The average molecular weight is 177 g/mol. The van der Waals surface area contributed by atoms with Gasteiger partial charge in [0.25, 0.3) is 0 Å². The van der Waals surface area contributed by atoms with Gasteiger partial charge in [0.1, 0.15) is 0 Å². The Morgan fingerprint density at radius 2 is 2.38 bits per heavy atom. The highest BCUT2D eigenvalue weighted by molar-refractivity contribution is 5.89. The van der Waals surface area contributed by atoms with E-state index in [2.05, 4.69) is 10.3 Å².